The summed E-state index contributed by atoms with van der Waals surface area (Å²) < 4.78 is 2.89. The third kappa shape index (κ3) is 2.33. The van der Waals surface area contributed by atoms with Crippen LogP contribution in [0.2, 0.25) is 0 Å². The van der Waals surface area contributed by atoms with Crippen molar-refractivity contribution in [2.45, 2.75) is 13.3 Å². The minimum Gasteiger partial charge on any atom is -0.396 e. The highest BCUT2D eigenvalue weighted by molar-refractivity contribution is 9.10. The van der Waals surface area contributed by atoms with Crippen molar-refractivity contribution in [1.82, 2.24) is 9.78 Å². The number of aryl methyl sites for hydroxylation is 1. The highest BCUT2D eigenvalue weighted by atomic mass is 79.9. The van der Waals surface area contributed by atoms with E-state index in [1.807, 2.05) is 42.1 Å². The van der Waals surface area contributed by atoms with Crippen LogP contribution >= 0.6 is 15.9 Å². The molecule has 0 aliphatic heterocycles. The molecular formula is C12H13BrN2O. The zero-order valence-corrected chi connectivity index (χ0v) is 10.6. The lowest BCUT2D eigenvalue weighted by Crippen LogP contribution is -1.93. The van der Waals surface area contributed by atoms with Gasteiger partial charge in [-0.2, -0.15) is 5.10 Å². The lowest BCUT2D eigenvalue weighted by Gasteiger charge is -2.00. The van der Waals surface area contributed by atoms with Crippen LogP contribution in [0.3, 0.4) is 0 Å². The highest BCUT2D eigenvalue weighted by Crippen LogP contribution is 2.15. The molecule has 0 saturated heterocycles. The Hall–Kier alpha value is -1.13. The fraction of sp³-hybridized carbons (Fsp3) is 0.250. The maximum atomic E-state index is 8.92. The molecule has 0 aliphatic rings. The van der Waals surface area contributed by atoms with Gasteiger partial charge in [0.1, 0.15) is 0 Å². The van der Waals surface area contributed by atoms with E-state index in [4.69, 9.17) is 5.11 Å². The van der Waals surface area contributed by atoms with Gasteiger partial charge in [0.2, 0.25) is 0 Å². The monoisotopic (exact) mass is 280 g/mol. The third-order valence-electron chi connectivity index (χ3n) is 2.47. The Kier molecular flexibility index (Phi) is 3.41. The van der Waals surface area contributed by atoms with Crippen LogP contribution in [0.25, 0.3) is 5.69 Å². The van der Waals surface area contributed by atoms with Crippen molar-refractivity contribution in [2.24, 2.45) is 0 Å². The Bertz CT molecular complexity index is 476. The first-order valence-corrected chi connectivity index (χ1v) is 5.92. The van der Waals surface area contributed by atoms with E-state index in [0.717, 1.165) is 21.4 Å². The third-order valence-corrected chi connectivity index (χ3v) is 3.00. The van der Waals surface area contributed by atoms with Gasteiger partial charge >= 0.3 is 0 Å². The summed E-state index contributed by atoms with van der Waals surface area (Å²) in [6.07, 6.45) is 2.62. The molecule has 0 saturated carbocycles. The Morgan fingerprint density at radius 1 is 1.31 bits per heavy atom. The molecule has 4 heteroatoms. The molecule has 0 spiro atoms. The van der Waals surface area contributed by atoms with Gasteiger partial charge < -0.3 is 5.11 Å². The summed E-state index contributed by atoms with van der Waals surface area (Å²) in [4.78, 5) is 0. The maximum Gasteiger partial charge on any atom is 0.0646 e. The minimum absolute atomic E-state index is 0.160. The zero-order valence-electron chi connectivity index (χ0n) is 9.02. The molecule has 84 valence electrons. The van der Waals surface area contributed by atoms with Gasteiger partial charge in [-0.1, -0.05) is 15.9 Å². The van der Waals surface area contributed by atoms with E-state index >= 15 is 0 Å². The van der Waals surface area contributed by atoms with Gasteiger partial charge in [-0.25, -0.2) is 4.68 Å². The number of benzene rings is 1. The van der Waals surface area contributed by atoms with Crippen LogP contribution < -0.4 is 0 Å². The number of rotatable bonds is 3. The van der Waals surface area contributed by atoms with Crippen LogP contribution in [0.15, 0.2) is 34.9 Å². The molecule has 0 amide bonds. The Balaban J connectivity index is 2.33. The van der Waals surface area contributed by atoms with E-state index in [2.05, 4.69) is 21.0 Å². The van der Waals surface area contributed by atoms with Crippen LogP contribution in [-0.2, 0) is 6.42 Å². The summed E-state index contributed by atoms with van der Waals surface area (Å²) in [6, 6.07) is 7.97. The molecule has 1 N–H and O–H groups in total. The van der Waals surface area contributed by atoms with Crippen LogP contribution in [0, 0.1) is 6.92 Å². The second-order valence-corrected chi connectivity index (χ2v) is 4.55. The van der Waals surface area contributed by atoms with E-state index in [1.165, 1.54) is 0 Å². The van der Waals surface area contributed by atoms with Crippen molar-refractivity contribution in [3.05, 3.63) is 46.2 Å². The van der Waals surface area contributed by atoms with Crippen LogP contribution in [0.5, 0.6) is 0 Å². The van der Waals surface area contributed by atoms with E-state index < -0.39 is 0 Å². The van der Waals surface area contributed by atoms with E-state index in [-0.39, 0.29) is 6.61 Å². The van der Waals surface area contributed by atoms with Crippen molar-refractivity contribution in [3.8, 4) is 5.69 Å². The van der Waals surface area contributed by atoms with Crippen molar-refractivity contribution >= 4 is 15.9 Å². The lowest BCUT2D eigenvalue weighted by molar-refractivity contribution is 0.299. The fourth-order valence-corrected chi connectivity index (χ4v) is 1.85. The first-order chi connectivity index (χ1) is 7.70. The van der Waals surface area contributed by atoms with E-state index in [1.54, 1.807) is 0 Å². The van der Waals surface area contributed by atoms with Gasteiger partial charge in [-0.3, -0.25) is 0 Å². The summed E-state index contributed by atoms with van der Waals surface area (Å²) in [5.74, 6) is 0. The smallest absolute Gasteiger partial charge is 0.0646 e. The van der Waals surface area contributed by atoms with Crippen molar-refractivity contribution < 1.29 is 5.11 Å². The first-order valence-electron chi connectivity index (χ1n) is 5.12. The fourth-order valence-electron chi connectivity index (χ4n) is 1.59. The molecule has 2 aromatic rings. The predicted molar refractivity (Wildman–Crippen MR) is 66.8 cm³/mol. The summed E-state index contributed by atoms with van der Waals surface area (Å²) in [5, 5.41) is 13.3. The molecule has 0 radical (unpaired) electrons. The van der Waals surface area contributed by atoms with Crippen molar-refractivity contribution in [2.75, 3.05) is 6.61 Å². The van der Waals surface area contributed by atoms with Gasteiger partial charge in [0, 0.05) is 17.3 Å². The Labute approximate surface area is 103 Å². The summed E-state index contributed by atoms with van der Waals surface area (Å²) >= 11 is 3.40. The van der Waals surface area contributed by atoms with Crippen LogP contribution in [0.4, 0.5) is 0 Å². The largest absolute Gasteiger partial charge is 0.396 e. The molecule has 1 aromatic carbocycles. The molecule has 0 fully saturated rings. The van der Waals surface area contributed by atoms with E-state index in [9.17, 15) is 0 Å². The molecule has 1 heterocycles. The topological polar surface area (TPSA) is 38.0 Å². The summed E-state index contributed by atoms with van der Waals surface area (Å²) in [5.41, 5.74) is 3.08. The molecule has 0 atom stereocenters. The number of hydrogen-bond donors (Lipinski definition) is 1. The first kappa shape index (κ1) is 11.4. The summed E-state index contributed by atoms with van der Waals surface area (Å²) in [7, 11) is 0. The Morgan fingerprint density at radius 2 is 2.00 bits per heavy atom. The lowest BCUT2D eigenvalue weighted by atomic mass is 10.2. The Morgan fingerprint density at radius 3 is 2.62 bits per heavy atom. The van der Waals surface area contributed by atoms with E-state index in [0.29, 0.717) is 6.42 Å². The normalized spacial score (nSPS) is 10.7. The minimum atomic E-state index is 0.160. The molecule has 16 heavy (non-hydrogen) atoms. The van der Waals surface area contributed by atoms with Gasteiger partial charge in [-0.05, 0) is 43.2 Å². The molecule has 1 aromatic heterocycles. The second-order valence-electron chi connectivity index (χ2n) is 3.63. The second kappa shape index (κ2) is 4.80. The number of nitrogens with zero attached hydrogens (tertiary/aromatic N) is 2. The standard InChI is InChI=1S/C12H13BrN2O/c1-9-10(6-7-16)8-15(14-9)12-4-2-11(13)3-5-12/h2-5,8,16H,6-7H2,1H3. The van der Waals surface area contributed by atoms with Crippen molar-refractivity contribution in [3.63, 3.8) is 0 Å². The molecule has 2 rings (SSSR count). The molecular weight excluding hydrogens is 268 g/mol. The maximum absolute atomic E-state index is 8.92. The molecule has 0 bridgehead atoms. The number of aliphatic hydroxyl groups is 1. The number of hydrogen-bond acceptors (Lipinski definition) is 2. The van der Waals surface area contributed by atoms with Gasteiger partial charge in [0.15, 0.2) is 0 Å². The zero-order chi connectivity index (χ0) is 11.5. The van der Waals surface area contributed by atoms with Gasteiger partial charge in [-0.15, -0.1) is 0 Å². The van der Waals surface area contributed by atoms with Gasteiger partial charge in [0.05, 0.1) is 11.4 Å². The average Bonchev–Trinajstić information content (AvgIpc) is 2.62. The highest BCUT2D eigenvalue weighted by Gasteiger charge is 2.05. The van der Waals surface area contributed by atoms with Crippen LogP contribution in [0.1, 0.15) is 11.3 Å². The number of aromatic nitrogens is 2. The van der Waals surface area contributed by atoms with Gasteiger partial charge in [0.25, 0.3) is 0 Å². The van der Waals surface area contributed by atoms with Crippen molar-refractivity contribution in [1.29, 1.82) is 0 Å². The number of aliphatic hydroxyl groups excluding tert-OH is 1. The SMILES string of the molecule is Cc1nn(-c2ccc(Br)cc2)cc1CCO. The summed E-state index contributed by atoms with van der Waals surface area (Å²) in [6.45, 7) is 2.12. The molecule has 3 nitrogen and oxygen atoms in total. The predicted octanol–water partition coefficient (Wildman–Crippen LogP) is 2.48. The number of halogens is 1. The van der Waals surface area contributed by atoms with Crippen LogP contribution in [-0.4, -0.2) is 21.5 Å². The molecule has 0 aliphatic carbocycles. The quantitative estimate of drug-likeness (QED) is 0.938. The molecule has 0 unspecified atom stereocenters. The average molecular weight is 281 g/mol.